The number of guanidine groups is 1. The van der Waals surface area contributed by atoms with Gasteiger partial charge >= 0.3 is 0 Å². The van der Waals surface area contributed by atoms with E-state index in [1.165, 1.54) is 21.0 Å². The van der Waals surface area contributed by atoms with Crippen molar-refractivity contribution >= 4 is 41.3 Å². The first kappa shape index (κ1) is 23.1. The summed E-state index contributed by atoms with van der Waals surface area (Å²) in [5.74, 6) is 0.898. The van der Waals surface area contributed by atoms with Crippen molar-refractivity contribution in [3.63, 3.8) is 0 Å². The number of aromatic nitrogens is 1. The van der Waals surface area contributed by atoms with Crippen molar-refractivity contribution in [1.29, 1.82) is 0 Å². The molecule has 0 aliphatic carbocycles. The molecular weight excluding hydrogens is 481 g/mol. The molecule has 3 rings (SSSR count). The normalized spacial score (nSPS) is 15.5. The number of rotatable bonds is 7. The molecule has 0 saturated carbocycles. The molecule has 0 amide bonds. The van der Waals surface area contributed by atoms with Crippen LogP contribution in [0.1, 0.15) is 34.9 Å². The van der Waals surface area contributed by atoms with E-state index >= 15 is 0 Å². The zero-order valence-electron chi connectivity index (χ0n) is 17.1. The zero-order chi connectivity index (χ0) is 19.1. The van der Waals surface area contributed by atoms with Gasteiger partial charge in [-0.05, 0) is 38.3 Å². The Morgan fingerprint density at radius 3 is 2.79 bits per heavy atom. The summed E-state index contributed by atoms with van der Waals surface area (Å²) in [7, 11) is 0. The predicted octanol–water partition coefficient (Wildman–Crippen LogP) is 3.61. The molecule has 0 radical (unpaired) electrons. The largest absolute Gasteiger partial charge is 0.357 e. The first-order valence-electron chi connectivity index (χ1n) is 9.90. The first-order valence-corrected chi connectivity index (χ1v) is 10.7. The molecule has 1 unspecified atom stereocenters. The topological polar surface area (TPSA) is 52.6 Å². The van der Waals surface area contributed by atoms with Crippen LogP contribution in [0.15, 0.2) is 35.5 Å². The van der Waals surface area contributed by atoms with E-state index in [9.17, 15) is 0 Å². The van der Waals surface area contributed by atoms with E-state index < -0.39 is 0 Å². The second-order valence-electron chi connectivity index (χ2n) is 7.10. The van der Waals surface area contributed by atoms with Gasteiger partial charge in [-0.15, -0.1) is 35.3 Å². The van der Waals surface area contributed by atoms with Gasteiger partial charge in [-0.2, -0.15) is 0 Å². The van der Waals surface area contributed by atoms with Gasteiger partial charge in [0.1, 0.15) is 0 Å². The van der Waals surface area contributed by atoms with Crippen LogP contribution < -0.4 is 10.6 Å². The molecule has 28 heavy (non-hydrogen) atoms. The molecule has 5 nitrogen and oxygen atoms in total. The summed E-state index contributed by atoms with van der Waals surface area (Å²) in [5, 5.41) is 7.97. The third-order valence-corrected chi connectivity index (χ3v) is 5.91. The third-order valence-electron chi connectivity index (χ3n) is 4.94. The lowest BCUT2D eigenvalue weighted by Gasteiger charge is -2.33. The zero-order valence-corrected chi connectivity index (χ0v) is 20.2. The van der Waals surface area contributed by atoms with Crippen molar-refractivity contribution in [2.24, 2.45) is 4.99 Å². The minimum absolute atomic E-state index is 0. The number of halogens is 1. The lowest BCUT2D eigenvalue weighted by atomic mass is 9.99. The van der Waals surface area contributed by atoms with Crippen LogP contribution in [0.25, 0.3) is 0 Å². The lowest BCUT2D eigenvalue weighted by Crippen LogP contribution is -2.42. The Bertz CT molecular complexity index is 761. The second-order valence-corrected chi connectivity index (χ2v) is 8.42. The molecule has 0 saturated heterocycles. The maximum absolute atomic E-state index is 4.82. The van der Waals surface area contributed by atoms with E-state index in [-0.39, 0.29) is 24.0 Å². The molecule has 1 aliphatic rings. The Morgan fingerprint density at radius 2 is 2.07 bits per heavy atom. The molecule has 2 N–H and O–H groups in total. The molecule has 1 aliphatic heterocycles. The highest BCUT2D eigenvalue weighted by Gasteiger charge is 2.20. The number of aliphatic imine (C=N–C) groups is 1. The summed E-state index contributed by atoms with van der Waals surface area (Å²) in [6.07, 6.45) is 4.01. The summed E-state index contributed by atoms with van der Waals surface area (Å²) >= 11 is 1.77. The summed E-state index contributed by atoms with van der Waals surface area (Å²) in [4.78, 5) is 13.0. The van der Waals surface area contributed by atoms with E-state index in [1.807, 2.05) is 6.20 Å². The van der Waals surface area contributed by atoms with Gasteiger partial charge in [0, 0.05) is 49.7 Å². The molecule has 7 heteroatoms. The van der Waals surface area contributed by atoms with E-state index in [1.54, 1.807) is 11.3 Å². The molecule has 1 aromatic carbocycles. The smallest absolute Gasteiger partial charge is 0.191 e. The quantitative estimate of drug-likeness (QED) is 0.338. The van der Waals surface area contributed by atoms with Crippen LogP contribution in [-0.4, -0.2) is 48.1 Å². The summed E-state index contributed by atoms with van der Waals surface area (Å²) in [6.45, 7) is 11.1. The molecule has 0 spiro atoms. The monoisotopic (exact) mass is 513 g/mol. The standard InChI is InChI=1S/C21H31N5S.HI/c1-4-22-21(23-11-9-20-24-14-17(3)27-20)25-13-16(2)26-12-10-18-7-5-6-8-19(18)15-26;/h5-8,14,16H,4,9-13,15H2,1-3H3,(H2,22,23,25);1H. The van der Waals surface area contributed by atoms with Gasteiger partial charge in [-0.25, -0.2) is 4.98 Å². The number of thiazole rings is 1. The highest BCUT2D eigenvalue weighted by Crippen LogP contribution is 2.20. The number of benzene rings is 1. The summed E-state index contributed by atoms with van der Waals surface area (Å²) < 4.78 is 0. The van der Waals surface area contributed by atoms with Crippen LogP contribution in [0.5, 0.6) is 0 Å². The van der Waals surface area contributed by atoms with Crippen LogP contribution >= 0.6 is 35.3 Å². The Balaban J connectivity index is 0.00000280. The van der Waals surface area contributed by atoms with E-state index in [0.717, 1.165) is 51.5 Å². The number of fused-ring (bicyclic) bond motifs is 1. The number of hydrogen-bond acceptors (Lipinski definition) is 4. The molecule has 1 aromatic heterocycles. The van der Waals surface area contributed by atoms with Gasteiger partial charge in [0.2, 0.25) is 0 Å². The van der Waals surface area contributed by atoms with Gasteiger partial charge < -0.3 is 10.6 Å². The minimum atomic E-state index is 0. The number of aryl methyl sites for hydroxylation is 1. The van der Waals surface area contributed by atoms with Crippen molar-refractivity contribution in [1.82, 2.24) is 20.5 Å². The average molecular weight is 513 g/mol. The number of nitrogens with zero attached hydrogens (tertiary/aromatic N) is 3. The van der Waals surface area contributed by atoms with E-state index in [0.29, 0.717) is 6.04 Å². The van der Waals surface area contributed by atoms with Crippen molar-refractivity contribution in [3.05, 3.63) is 51.5 Å². The molecule has 1 atom stereocenters. The molecule has 0 fully saturated rings. The van der Waals surface area contributed by atoms with Crippen LogP contribution in [0.3, 0.4) is 0 Å². The fraction of sp³-hybridized carbons (Fsp3) is 0.524. The molecular formula is C21H32IN5S. The maximum Gasteiger partial charge on any atom is 0.191 e. The van der Waals surface area contributed by atoms with Gasteiger partial charge in [-0.3, -0.25) is 9.89 Å². The molecule has 2 heterocycles. The Morgan fingerprint density at radius 1 is 1.29 bits per heavy atom. The van der Waals surface area contributed by atoms with Crippen molar-refractivity contribution in [3.8, 4) is 0 Å². The maximum atomic E-state index is 4.82. The Kier molecular flexibility index (Phi) is 9.67. The average Bonchev–Trinajstić information content (AvgIpc) is 3.10. The van der Waals surface area contributed by atoms with E-state index in [4.69, 9.17) is 4.99 Å². The number of nitrogens with one attached hydrogen (secondary N) is 2. The van der Waals surface area contributed by atoms with Crippen LogP contribution in [0.2, 0.25) is 0 Å². The van der Waals surface area contributed by atoms with Crippen molar-refractivity contribution < 1.29 is 0 Å². The number of hydrogen-bond donors (Lipinski definition) is 2. The van der Waals surface area contributed by atoms with Gasteiger partial charge in [0.15, 0.2) is 5.96 Å². The third kappa shape index (κ3) is 6.70. The SMILES string of the molecule is CCNC(=NCC(C)N1CCc2ccccc2C1)NCCc1ncc(C)s1.I. The van der Waals surface area contributed by atoms with Crippen LogP contribution in [0, 0.1) is 6.92 Å². The molecule has 2 aromatic rings. The van der Waals surface area contributed by atoms with Crippen LogP contribution in [-0.2, 0) is 19.4 Å². The second kappa shape index (κ2) is 11.7. The summed E-state index contributed by atoms with van der Waals surface area (Å²) in [5.41, 5.74) is 2.96. The Hall–Kier alpha value is -1.19. The summed E-state index contributed by atoms with van der Waals surface area (Å²) in [6, 6.07) is 9.22. The minimum Gasteiger partial charge on any atom is -0.357 e. The highest BCUT2D eigenvalue weighted by atomic mass is 127. The highest BCUT2D eigenvalue weighted by molar-refractivity contribution is 14.0. The lowest BCUT2D eigenvalue weighted by molar-refractivity contribution is 0.195. The van der Waals surface area contributed by atoms with Gasteiger partial charge in [-0.1, -0.05) is 24.3 Å². The Labute approximate surface area is 190 Å². The molecule has 0 bridgehead atoms. The first-order chi connectivity index (χ1) is 13.2. The van der Waals surface area contributed by atoms with Crippen molar-refractivity contribution in [2.75, 3.05) is 26.2 Å². The fourth-order valence-corrected chi connectivity index (χ4v) is 4.17. The van der Waals surface area contributed by atoms with Crippen molar-refractivity contribution in [2.45, 2.75) is 46.2 Å². The van der Waals surface area contributed by atoms with E-state index in [2.05, 4.69) is 65.6 Å². The van der Waals surface area contributed by atoms with Gasteiger partial charge in [0.25, 0.3) is 0 Å². The van der Waals surface area contributed by atoms with Crippen LogP contribution in [0.4, 0.5) is 0 Å². The predicted molar refractivity (Wildman–Crippen MR) is 130 cm³/mol. The molecule has 154 valence electrons. The fourth-order valence-electron chi connectivity index (χ4n) is 3.38. The van der Waals surface area contributed by atoms with Gasteiger partial charge in [0.05, 0.1) is 11.6 Å².